The first-order valence-electron chi connectivity index (χ1n) is 13.0. The zero-order chi connectivity index (χ0) is 26.5. The van der Waals surface area contributed by atoms with Crippen molar-refractivity contribution >= 4 is 28.7 Å². The largest absolute Gasteiger partial charge is 0.460 e. The number of likely N-dealkylation sites (tertiary alicyclic amines) is 2. The van der Waals surface area contributed by atoms with E-state index in [-0.39, 0.29) is 18.2 Å². The van der Waals surface area contributed by atoms with Gasteiger partial charge in [0.2, 0.25) is 0 Å². The molecule has 2 aliphatic heterocycles. The Kier molecular flexibility index (Phi) is 7.88. The number of nitrogens with zero attached hydrogens (tertiary/aromatic N) is 3. The van der Waals surface area contributed by atoms with Crippen LogP contribution in [-0.4, -0.2) is 59.1 Å². The maximum absolute atomic E-state index is 12.9. The number of fused-ring (bicyclic) bond motifs is 1. The standard InChI is InChI=1S/C28H31N3O7/c32-27(36-18-20-9-11-23(12-10-20)31(34)35)25-7-4-14-30(25)28(33)37-19-21-5-3-13-29(16-21)17-24-15-22-6-1-2-8-26(22)38-24/h1-2,6,8-12,15,21,25H,3-5,7,13-14,16-19H2. The smallest absolute Gasteiger partial charge is 0.410 e. The third-order valence-corrected chi connectivity index (χ3v) is 7.19. The SMILES string of the molecule is O=C(OCc1ccc([N+](=O)[O-])cc1)C1CCCN1C(=O)OCC1CCCN(Cc2cc3ccccc3o2)C1. The fourth-order valence-electron chi connectivity index (χ4n) is 5.23. The van der Waals surface area contributed by atoms with E-state index in [4.69, 9.17) is 13.9 Å². The highest BCUT2D eigenvalue weighted by atomic mass is 16.6. The molecule has 3 aromatic rings. The van der Waals surface area contributed by atoms with Crippen LogP contribution in [0.4, 0.5) is 10.5 Å². The summed E-state index contributed by atoms with van der Waals surface area (Å²) in [5, 5.41) is 11.9. The molecule has 2 atom stereocenters. The van der Waals surface area contributed by atoms with Gasteiger partial charge < -0.3 is 13.9 Å². The van der Waals surface area contributed by atoms with Crippen molar-refractivity contribution in [2.45, 2.75) is 44.9 Å². The van der Waals surface area contributed by atoms with E-state index in [0.717, 1.165) is 42.7 Å². The number of hydrogen-bond acceptors (Lipinski definition) is 8. The van der Waals surface area contributed by atoms with Crippen molar-refractivity contribution in [3.63, 3.8) is 0 Å². The number of esters is 1. The summed E-state index contributed by atoms with van der Waals surface area (Å²) >= 11 is 0. The molecule has 1 aromatic heterocycles. The number of furan rings is 1. The molecule has 0 saturated carbocycles. The fourth-order valence-corrected chi connectivity index (χ4v) is 5.23. The van der Waals surface area contributed by atoms with Crippen molar-refractivity contribution in [1.82, 2.24) is 9.80 Å². The Morgan fingerprint density at radius 1 is 1.03 bits per heavy atom. The molecule has 10 heteroatoms. The summed E-state index contributed by atoms with van der Waals surface area (Å²) in [7, 11) is 0. The van der Waals surface area contributed by atoms with Gasteiger partial charge in [-0.25, -0.2) is 9.59 Å². The highest BCUT2D eigenvalue weighted by Crippen LogP contribution is 2.25. The lowest BCUT2D eigenvalue weighted by atomic mass is 9.99. The van der Waals surface area contributed by atoms with E-state index in [9.17, 15) is 19.7 Å². The number of nitro groups is 1. The number of hydrogen-bond donors (Lipinski definition) is 0. The Bertz CT molecular complexity index is 1260. The summed E-state index contributed by atoms with van der Waals surface area (Å²) in [6, 6.07) is 15.2. The van der Waals surface area contributed by atoms with Crippen molar-refractivity contribution in [3.05, 3.63) is 76.0 Å². The van der Waals surface area contributed by atoms with Crippen LogP contribution in [-0.2, 0) is 27.4 Å². The van der Waals surface area contributed by atoms with Crippen LogP contribution >= 0.6 is 0 Å². The van der Waals surface area contributed by atoms with E-state index >= 15 is 0 Å². The summed E-state index contributed by atoms with van der Waals surface area (Å²) in [4.78, 5) is 39.6. The molecule has 2 aliphatic rings. The minimum absolute atomic E-state index is 0.0145. The topological polar surface area (TPSA) is 115 Å². The zero-order valence-corrected chi connectivity index (χ0v) is 21.1. The average Bonchev–Trinajstić information content (AvgIpc) is 3.58. The molecule has 2 fully saturated rings. The molecule has 0 bridgehead atoms. The number of carbonyl (C=O) groups excluding carboxylic acids is 2. The van der Waals surface area contributed by atoms with Crippen molar-refractivity contribution in [3.8, 4) is 0 Å². The molecule has 2 aromatic carbocycles. The van der Waals surface area contributed by atoms with Crippen molar-refractivity contribution < 1.29 is 28.4 Å². The number of rotatable bonds is 8. The molecule has 0 N–H and O–H groups in total. The van der Waals surface area contributed by atoms with Gasteiger partial charge in [-0.2, -0.15) is 0 Å². The molecule has 2 unspecified atom stereocenters. The molecule has 5 rings (SSSR count). The predicted molar refractivity (Wildman–Crippen MR) is 138 cm³/mol. The van der Waals surface area contributed by atoms with E-state index in [1.807, 2.05) is 24.3 Å². The van der Waals surface area contributed by atoms with Crippen LogP contribution in [0.3, 0.4) is 0 Å². The first-order chi connectivity index (χ1) is 18.5. The van der Waals surface area contributed by atoms with Crippen molar-refractivity contribution in [2.75, 3.05) is 26.2 Å². The van der Waals surface area contributed by atoms with Crippen LogP contribution in [0.1, 0.15) is 37.0 Å². The first kappa shape index (κ1) is 25.7. The van der Waals surface area contributed by atoms with Gasteiger partial charge in [0.1, 0.15) is 24.0 Å². The van der Waals surface area contributed by atoms with Gasteiger partial charge in [-0.05, 0) is 62.1 Å². The summed E-state index contributed by atoms with van der Waals surface area (Å²) in [6.45, 7) is 3.23. The molecule has 1 amide bonds. The molecule has 0 aliphatic carbocycles. The Balaban J connectivity index is 1.08. The minimum Gasteiger partial charge on any atom is -0.460 e. The molecular formula is C28H31N3O7. The second kappa shape index (κ2) is 11.6. The quantitative estimate of drug-likeness (QED) is 0.234. The third kappa shape index (κ3) is 6.13. The third-order valence-electron chi connectivity index (χ3n) is 7.19. The van der Waals surface area contributed by atoms with Crippen molar-refractivity contribution in [2.24, 2.45) is 5.92 Å². The van der Waals surface area contributed by atoms with Gasteiger partial charge in [0.05, 0.1) is 18.1 Å². The van der Waals surface area contributed by atoms with Crippen LogP contribution in [0.25, 0.3) is 11.0 Å². The number of para-hydroxylation sites is 1. The second-order valence-electron chi connectivity index (χ2n) is 9.95. The normalized spacial score (nSPS) is 19.9. The minimum atomic E-state index is -0.684. The average molecular weight is 522 g/mol. The van der Waals surface area contributed by atoms with Gasteiger partial charge in [-0.1, -0.05) is 18.2 Å². The van der Waals surface area contributed by atoms with Gasteiger partial charge in [0, 0.05) is 36.5 Å². The van der Waals surface area contributed by atoms with E-state index in [0.29, 0.717) is 38.1 Å². The van der Waals surface area contributed by atoms with E-state index < -0.39 is 23.0 Å². The summed E-state index contributed by atoms with van der Waals surface area (Å²) < 4.78 is 17.0. The first-order valence-corrected chi connectivity index (χ1v) is 13.0. The van der Waals surface area contributed by atoms with Gasteiger partial charge in [0.15, 0.2) is 0 Å². The Morgan fingerprint density at radius 3 is 2.61 bits per heavy atom. The van der Waals surface area contributed by atoms with Gasteiger partial charge in [-0.3, -0.25) is 19.9 Å². The molecule has 3 heterocycles. The lowest BCUT2D eigenvalue weighted by Crippen LogP contribution is -2.43. The van der Waals surface area contributed by atoms with Gasteiger partial charge in [-0.15, -0.1) is 0 Å². The lowest BCUT2D eigenvalue weighted by molar-refractivity contribution is -0.384. The van der Waals surface area contributed by atoms with Gasteiger partial charge >= 0.3 is 12.1 Å². The molecule has 0 spiro atoms. The zero-order valence-electron chi connectivity index (χ0n) is 21.1. The van der Waals surface area contributed by atoms with E-state index in [1.165, 1.54) is 17.0 Å². The Morgan fingerprint density at radius 2 is 1.82 bits per heavy atom. The number of ether oxygens (including phenoxy) is 2. The molecule has 200 valence electrons. The van der Waals surface area contributed by atoms with Crippen molar-refractivity contribution in [1.29, 1.82) is 0 Å². The van der Waals surface area contributed by atoms with Crippen LogP contribution in [0.2, 0.25) is 0 Å². The van der Waals surface area contributed by atoms with E-state index in [2.05, 4.69) is 11.0 Å². The highest BCUT2D eigenvalue weighted by molar-refractivity contribution is 5.82. The number of benzene rings is 2. The molecule has 0 radical (unpaired) electrons. The maximum atomic E-state index is 12.9. The maximum Gasteiger partial charge on any atom is 0.410 e. The monoisotopic (exact) mass is 521 g/mol. The highest BCUT2D eigenvalue weighted by Gasteiger charge is 2.36. The van der Waals surface area contributed by atoms with Crippen LogP contribution in [0.15, 0.2) is 59.0 Å². The fraction of sp³-hybridized carbons (Fsp3) is 0.429. The second-order valence-corrected chi connectivity index (χ2v) is 9.95. The summed E-state index contributed by atoms with van der Waals surface area (Å²) in [6.07, 6.45) is 2.72. The molecular weight excluding hydrogens is 490 g/mol. The number of amides is 1. The van der Waals surface area contributed by atoms with Crippen LogP contribution in [0, 0.1) is 16.0 Å². The Labute approximate surface area is 220 Å². The molecule has 10 nitrogen and oxygen atoms in total. The van der Waals surface area contributed by atoms with E-state index in [1.54, 1.807) is 12.1 Å². The molecule has 2 saturated heterocycles. The number of non-ortho nitro benzene ring substituents is 1. The summed E-state index contributed by atoms with van der Waals surface area (Å²) in [5.74, 6) is 0.649. The van der Waals surface area contributed by atoms with Gasteiger partial charge in [0.25, 0.3) is 5.69 Å². The number of nitro benzene ring substituents is 1. The van der Waals surface area contributed by atoms with Crippen LogP contribution in [0.5, 0.6) is 0 Å². The number of piperidine rings is 1. The Hall–Kier alpha value is -3.92. The predicted octanol–water partition coefficient (Wildman–Crippen LogP) is 4.90. The number of carbonyl (C=O) groups is 2. The lowest BCUT2D eigenvalue weighted by Gasteiger charge is -2.32. The molecule has 38 heavy (non-hydrogen) atoms. The van der Waals surface area contributed by atoms with Crippen LogP contribution < -0.4 is 0 Å². The summed E-state index contributed by atoms with van der Waals surface area (Å²) in [5.41, 5.74) is 1.50.